The summed E-state index contributed by atoms with van der Waals surface area (Å²) >= 11 is 0. The second kappa shape index (κ2) is 5.50. The van der Waals surface area contributed by atoms with Crippen molar-refractivity contribution in [2.45, 2.75) is 64.3 Å². The van der Waals surface area contributed by atoms with Crippen molar-refractivity contribution in [2.75, 3.05) is 26.2 Å². The van der Waals surface area contributed by atoms with Crippen molar-refractivity contribution >= 4 is 0 Å². The maximum atomic E-state index is 3.65. The molecule has 3 aliphatic rings. The van der Waals surface area contributed by atoms with Gasteiger partial charge in [-0.05, 0) is 62.9 Å². The van der Waals surface area contributed by atoms with E-state index in [1.54, 1.807) is 0 Å². The first kappa shape index (κ1) is 12.9. The number of hydrogen-bond acceptors (Lipinski definition) is 2. The lowest BCUT2D eigenvalue weighted by atomic mass is 9.73. The second-order valence-electron chi connectivity index (χ2n) is 7.28. The number of nitrogens with zero attached hydrogens (tertiary/aromatic N) is 1. The molecule has 1 aliphatic carbocycles. The van der Waals surface area contributed by atoms with Crippen molar-refractivity contribution in [2.24, 2.45) is 11.3 Å². The summed E-state index contributed by atoms with van der Waals surface area (Å²) < 4.78 is 0. The van der Waals surface area contributed by atoms with Crippen LogP contribution in [0.1, 0.15) is 58.3 Å². The van der Waals surface area contributed by atoms with Crippen LogP contribution in [-0.2, 0) is 0 Å². The van der Waals surface area contributed by atoms with Gasteiger partial charge < -0.3 is 5.32 Å². The molecule has 2 heteroatoms. The predicted octanol–water partition coefficient (Wildman–Crippen LogP) is 3.03. The van der Waals surface area contributed by atoms with Gasteiger partial charge in [-0.1, -0.05) is 19.8 Å². The lowest BCUT2D eigenvalue weighted by molar-refractivity contribution is 0.0204. The van der Waals surface area contributed by atoms with E-state index in [0.717, 1.165) is 12.0 Å². The van der Waals surface area contributed by atoms with Crippen LogP contribution in [0.3, 0.4) is 0 Å². The van der Waals surface area contributed by atoms with E-state index in [1.165, 1.54) is 77.5 Å². The van der Waals surface area contributed by atoms with E-state index < -0.39 is 0 Å². The molecular formula is C16H30N2. The summed E-state index contributed by atoms with van der Waals surface area (Å²) in [6.45, 7) is 7.75. The summed E-state index contributed by atoms with van der Waals surface area (Å²) in [4.78, 5) is 2.87. The van der Waals surface area contributed by atoms with Crippen LogP contribution in [-0.4, -0.2) is 37.1 Å². The first-order valence-corrected chi connectivity index (χ1v) is 8.22. The van der Waals surface area contributed by atoms with E-state index in [4.69, 9.17) is 0 Å². The molecule has 2 heterocycles. The quantitative estimate of drug-likeness (QED) is 0.769. The minimum absolute atomic E-state index is 0.636. The Morgan fingerprint density at radius 2 is 2.00 bits per heavy atom. The number of hydrogen-bond donors (Lipinski definition) is 1. The van der Waals surface area contributed by atoms with E-state index in [9.17, 15) is 0 Å². The molecule has 0 aromatic carbocycles. The van der Waals surface area contributed by atoms with Crippen molar-refractivity contribution in [3.8, 4) is 0 Å². The van der Waals surface area contributed by atoms with Gasteiger partial charge in [0.05, 0.1) is 0 Å². The van der Waals surface area contributed by atoms with Gasteiger partial charge >= 0.3 is 0 Å². The molecule has 1 saturated carbocycles. The van der Waals surface area contributed by atoms with Gasteiger partial charge in [-0.3, -0.25) is 4.90 Å². The summed E-state index contributed by atoms with van der Waals surface area (Å²) in [5, 5.41) is 3.65. The average Bonchev–Trinajstić information content (AvgIpc) is 2.40. The van der Waals surface area contributed by atoms with Crippen LogP contribution in [0.25, 0.3) is 0 Å². The van der Waals surface area contributed by atoms with Crippen LogP contribution in [0.4, 0.5) is 0 Å². The molecule has 2 saturated heterocycles. The smallest absolute Gasteiger partial charge is 0.00980 e. The molecular weight excluding hydrogens is 220 g/mol. The van der Waals surface area contributed by atoms with E-state index in [2.05, 4.69) is 17.1 Å². The van der Waals surface area contributed by atoms with Gasteiger partial charge in [-0.25, -0.2) is 0 Å². The van der Waals surface area contributed by atoms with E-state index >= 15 is 0 Å². The SMILES string of the molecule is CC1CCCC(N2CCCC3(CCCNC3)C2)C1. The lowest BCUT2D eigenvalue weighted by Gasteiger charge is -2.49. The Morgan fingerprint density at radius 1 is 1.11 bits per heavy atom. The van der Waals surface area contributed by atoms with Gasteiger partial charge in [-0.15, -0.1) is 0 Å². The first-order chi connectivity index (χ1) is 8.77. The van der Waals surface area contributed by atoms with E-state index in [-0.39, 0.29) is 0 Å². The van der Waals surface area contributed by atoms with Crippen LogP contribution >= 0.6 is 0 Å². The first-order valence-electron chi connectivity index (χ1n) is 8.22. The summed E-state index contributed by atoms with van der Waals surface area (Å²) in [5.41, 5.74) is 0.636. The third-order valence-corrected chi connectivity index (χ3v) is 5.68. The third-order valence-electron chi connectivity index (χ3n) is 5.68. The second-order valence-corrected chi connectivity index (χ2v) is 7.28. The van der Waals surface area contributed by atoms with Crippen LogP contribution in [0.2, 0.25) is 0 Å². The van der Waals surface area contributed by atoms with Gasteiger partial charge in [0.1, 0.15) is 0 Å². The monoisotopic (exact) mass is 250 g/mol. The van der Waals surface area contributed by atoms with Gasteiger partial charge in [0, 0.05) is 19.1 Å². The maximum Gasteiger partial charge on any atom is 0.00980 e. The van der Waals surface area contributed by atoms with Crippen molar-refractivity contribution in [1.82, 2.24) is 10.2 Å². The van der Waals surface area contributed by atoms with Crippen molar-refractivity contribution in [3.05, 3.63) is 0 Å². The minimum Gasteiger partial charge on any atom is -0.316 e. The molecule has 0 aromatic heterocycles. The molecule has 104 valence electrons. The van der Waals surface area contributed by atoms with Gasteiger partial charge in [0.15, 0.2) is 0 Å². The number of likely N-dealkylation sites (tertiary alicyclic amines) is 1. The Hall–Kier alpha value is -0.0800. The molecule has 0 amide bonds. The molecule has 0 bridgehead atoms. The van der Waals surface area contributed by atoms with Crippen molar-refractivity contribution < 1.29 is 0 Å². The predicted molar refractivity (Wildman–Crippen MR) is 76.8 cm³/mol. The Morgan fingerprint density at radius 3 is 2.78 bits per heavy atom. The molecule has 2 aliphatic heterocycles. The van der Waals surface area contributed by atoms with Crippen molar-refractivity contribution in [3.63, 3.8) is 0 Å². The van der Waals surface area contributed by atoms with E-state index in [0.29, 0.717) is 5.41 Å². The van der Waals surface area contributed by atoms with Gasteiger partial charge in [0.25, 0.3) is 0 Å². The summed E-state index contributed by atoms with van der Waals surface area (Å²) in [6.07, 6.45) is 11.6. The van der Waals surface area contributed by atoms with Gasteiger partial charge in [0.2, 0.25) is 0 Å². The zero-order valence-electron chi connectivity index (χ0n) is 12.1. The summed E-state index contributed by atoms with van der Waals surface area (Å²) in [5.74, 6) is 0.964. The minimum atomic E-state index is 0.636. The lowest BCUT2D eigenvalue weighted by Crippen LogP contribution is -2.54. The van der Waals surface area contributed by atoms with Crippen molar-refractivity contribution in [1.29, 1.82) is 0 Å². The molecule has 1 spiro atoms. The Balaban J connectivity index is 1.62. The zero-order chi connectivity index (χ0) is 12.4. The topological polar surface area (TPSA) is 15.3 Å². The molecule has 0 radical (unpaired) electrons. The average molecular weight is 250 g/mol. The molecule has 3 unspecified atom stereocenters. The number of piperidine rings is 2. The molecule has 1 N–H and O–H groups in total. The van der Waals surface area contributed by atoms with Gasteiger partial charge in [-0.2, -0.15) is 0 Å². The largest absolute Gasteiger partial charge is 0.316 e. The maximum absolute atomic E-state index is 3.65. The van der Waals surface area contributed by atoms with Crippen LogP contribution in [0.15, 0.2) is 0 Å². The Labute approximate surface area is 113 Å². The highest BCUT2D eigenvalue weighted by molar-refractivity contribution is 4.94. The highest BCUT2D eigenvalue weighted by atomic mass is 15.2. The fraction of sp³-hybridized carbons (Fsp3) is 1.00. The molecule has 3 rings (SSSR count). The zero-order valence-corrected chi connectivity index (χ0v) is 12.1. The molecule has 3 fully saturated rings. The third kappa shape index (κ3) is 2.75. The van der Waals surface area contributed by atoms with Crippen LogP contribution in [0.5, 0.6) is 0 Å². The Bertz CT molecular complexity index is 265. The highest BCUT2D eigenvalue weighted by Gasteiger charge is 2.38. The molecule has 0 aromatic rings. The highest BCUT2D eigenvalue weighted by Crippen LogP contribution is 2.38. The molecule has 18 heavy (non-hydrogen) atoms. The van der Waals surface area contributed by atoms with Crippen LogP contribution in [0, 0.1) is 11.3 Å². The normalized spacial score (nSPS) is 43.2. The Kier molecular flexibility index (Phi) is 3.95. The van der Waals surface area contributed by atoms with Crippen LogP contribution < -0.4 is 5.32 Å². The number of nitrogens with one attached hydrogen (secondary N) is 1. The summed E-state index contributed by atoms with van der Waals surface area (Å²) in [7, 11) is 0. The van der Waals surface area contributed by atoms with E-state index in [1.807, 2.05) is 0 Å². The fourth-order valence-electron chi connectivity index (χ4n) is 4.67. The fourth-order valence-corrected chi connectivity index (χ4v) is 4.67. The standard InChI is InChI=1S/C16H30N2/c1-14-5-2-6-15(11-14)18-10-4-8-16(13-18)7-3-9-17-12-16/h14-15,17H,2-13H2,1H3. The summed E-state index contributed by atoms with van der Waals surface area (Å²) in [6, 6.07) is 0.910. The molecule has 3 atom stereocenters. The molecule has 2 nitrogen and oxygen atoms in total. The number of rotatable bonds is 1.